The van der Waals surface area contributed by atoms with Gasteiger partial charge in [-0.25, -0.2) is 0 Å². The zero-order valence-corrected chi connectivity index (χ0v) is 11.9. The van der Waals surface area contributed by atoms with Crippen LogP contribution in [0.5, 0.6) is 0 Å². The molecule has 2 unspecified atom stereocenters. The number of benzene rings is 1. The van der Waals surface area contributed by atoms with Crippen molar-refractivity contribution in [2.75, 3.05) is 13.1 Å². The largest absolute Gasteiger partial charge is 0.312 e. The first kappa shape index (κ1) is 13.6. The molecule has 18 heavy (non-hydrogen) atoms. The Balaban J connectivity index is 1.97. The van der Waals surface area contributed by atoms with Gasteiger partial charge >= 0.3 is 0 Å². The maximum atomic E-state index is 3.65. The molecule has 1 aliphatic heterocycles. The Morgan fingerprint density at radius 1 is 1.11 bits per heavy atom. The molecule has 0 radical (unpaired) electrons. The van der Waals surface area contributed by atoms with Crippen molar-refractivity contribution in [3.63, 3.8) is 0 Å². The maximum absolute atomic E-state index is 3.65. The highest BCUT2D eigenvalue weighted by atomic mass is 15.1. The number of aryl methyl sites for hydroxylation is 1. The molecule has 100 valence electrons. The van der Waals surface area contributed by atoms with E-state index in [0.717, 1.165) is 6.54 Å². The van der Waals surface area contributed by atoms with Crippen LogP contribution in [0.4, 0.5) is 0 Å². The van der Waals surface area contributed by atoms with E-state index in [9.17, 15) is 0 Å². The second kappa shape index (κ2) is 6.35. The van der Waals surface area contributed by atoms with Crippen LogP contribution in [0.1, 0.15) is 37.8 Å². The minimum Gasteiger partial charge on any atom is -0.312 e. The van der Waals surface area contributed by atoms with Crippen molar-refractivity contribution in [2.45, 2.75) is 52.2 Å². The monoisotopic (exact) mass is 246 g/mol. The first-order valence-electron chi connectivity index (χ1n) is 7.18. The summed E-state index contributed by atoms with van der Waals surface area (Å²) in [6, 6.07) is 10.0. The summed E-state index contributed by atoms with van der Waals surface area (Å²) in [6.07, 6.45) is 2.49. The molecule has 1 aromatic carbocycles. The lowest BCUT2D eigenvalue weighted by Crippen LogP contribution is -2.42. The molecule has 1 saturated heterocycles. The summed E-state index contributed by atoms with van der Waals surface area (Å²) in [5.74, 6) is 0. The van der Waals surface area contributed by atoms with Crippen molar-refractivity contribution in [3.05, 3.63) is 35.4 Å². The molecule has 2 heteroatoms. The zero-order valence-electron chi connectivity index (χ0n) is 11.9. The third-order valence-electron chi connectivity index (χ3n) is 3.98. The van der Waals surface area contributed by atoms with E-state index in [2.05, 4.69) is 55.3 Å². The van der Waals surface area contributed by atoms with E-state index in [0.29, 0.717) is 12.1 Å². The van der Waals surface area contributed by atoms with Crippen LogP contribution in [0.2, 0.25) is 0 Å². The van der Waals surface area contributed by atoms with Gasteiger partial charge in [0.05, 0.1) is 0 Å². The van der Waals surface area contributed by atoms with Crippen LogP contribution >= 0.6 is 0 Å². The molecule has 0 saturated carbocycles. The second-order valence-corrected chi connectivity index (χ2v) is 5.75. The molecule has 1 fully saturated rings. The Kier molecular flexibility index (Phi) is 4.79. The number of hydrogen-bond acceptors (Lipinski definition) is 2. The van der Waals surface area contributed by atoms with Gasteiger partial charge in [0.25, 0.3) is 0 Å². The predicted molar refractivity (Wildman–Crippen MR) is 77.7 cm³/mol. The highest BCUT2D eigenvalue weighted by Gasteiger charge is 2.16. The van der Waals surface area contributed by atoms with Gasteiger partial charge in [-0.05, 0) is 57.8 Å². The Morgan fingerprint density at radius 2 is 1.72 bits per heavy atom. The third-order valence-corrected chi connectivity index (χ3v) is 3.98. The second-order valence-electron chi connectivity index (χ2n) is 5.75. The third kappa shape index (κ3) is 3.82. The van der Waals surface area contributed by atoms with Crippen LogP contribution in [0.25, 0.3) is 0 Å². The fourth-order valence-corrected chi connectivity index (χ4v) is 2.70. The molecule has 1 aliphatic rings. The van der Waals surface area contributed by atoms with E-state index in [1.807, 2.05) is 0 Å². The summed E-state index contributed by atoms with van der Waals surface area (Å²) in [5, 5.41) is 3.65. The van der Waals surface area contributed by atoms with Crippen LogP contribution < -0.4 is 5.32 Å². The summed E-state index contributed by atoms with van der Waals surface area (Å²) in [6.45, 7) is 10.3. The van der Waals surface area contributed by atoms with Gasteiger partial charge in [-0.15, -0.1) is 0 Å². The summed E-state index contributed by atoms with van der Waals surface area (Å²) in [7, 11) is 0. The fourth-order valence-electron chi connectivity index (χ4n) is 2.70. The lowest BCUT2D eigenvalue weighted by Gasteiger charge is -2.31. The average Bonchev–Trinajstić information content (AvgIpc) is 2.33. The molecule has 1 N–H and O–H groups in total. The molecule has 1 heterocycles. The minimum absolute atomic E-state index is 0.639. The van der Waals surface area contributed by atoms with Gasteiger partial charge in [-0.1, -0.05) is 24.3 Å². The van der Waals surface area contributed by atoms with Gasteiger partial charge in [0.15, 0.2) is 0 Å². The first-order chi connectivity index (χ1) is 8.65. The topological polar surface area (TPSA) is 15.3 Å². The van der Waals surface area contributed by atoms with Crippen molar-refractivity contribution in [1.29, 1.82) is 0 Å². The van der Waals surface area contributed by atoms with E-state index in [4.69, 9.17) is 0 Å². The maximum Gasteiger partial charge on any atom is 0.0236 e. The first-order valence-corrected chi connectivity index (χ1v) is 7.18. The van der Waals surface area contributed by atoms with Crippen molar-refractivity contribution in [3.8, 4) is 0 Å². The molecule has 0 bridgehead atoms. The number of nitrogens with one attached hydrogen (secondary N) is 1. The van der Waals surface area contributed by atoms with Crippen molar-refractivity contribution in [1.82, 2.24) is 10.2 Å². The Labute approximate surface area is 111 Å². The summed E-state index contributed by atoms with van der Waals surface area (Å²) in [4.78, 5) is 2.61. The quantitative estimate of drug-likeness (QED) is 0.863. The molecular formula is C16H26N2. The normalized spacial score (nSPS) is 26.6. The summed E-state index contributed by atoms with van der Waals surface area (Å²) < 4.78 is 0. The SMILES string of the molecule is Cc1ccccc1CN1CCC(C)NC(C)CC1. The standard InChI is InChI=1S/C16H26N2/c1-13-6-4-5-7-16(13)12-18-10-8-14(2)17-15(3)9-11-18/h4-7,14-15,17H,8-12H2,1-3H3. The van der Waals surface area contributed by atoms with Gasteiger partial charge in [0, 0.05) is 18.6 Å². The molecule has 2 rings (SSSR count). The molecule has 0 spiro atoms. The lowest BCUT2D eigenvalue weighted by atomic mass is 10.1. The van der Waals surface area contributed by atoms with Gasteiger partial charge in [0.1, 0.15) is 0 Å². The molecular weight excluding hydrogens is 220 g/mol. The fraction of sp³-hybridized carbons (Fsp3) is 0.625. The lowest BCUT2D eigenvalue weighted by molar-refractivity contribution is 0.211. The van der Waals surface area contributed by atoms with Gasteiger partial charge in [0.2, 0.25) is 0 Å². The van der Waals surface area contributed by atoms with Crippen LogP contribution in [0, 0.1) is 6.92 Å². The number of rotatable bonds is 2. The van der Waals surface area contributed by atoms with Crippen LogP contribution in [0.15, 0.2) is 24.3 Å². The van der Waals surface area contributed by atoms with E-state index in [-0.39, 0.29) is 0 Å². The Morgan fingerprint density at radius 3 is 2.33 bits per heavy atom. The molecule has 0 aliphatic carbocycles. The molecule has 2 nitrogen and oxygen atoms in total. The van der Waals surface area contributed by atoms with Gasteiger partial charge in [-0.3, -0.25) is 4.90 Å². The average molecular weight is 246 g/mol. The van der Waals surface area contributed by atoms with Crippen molar-refractivity contribution >= 4 is 0 Å². The highest BCUT2D eigenvalue weighted by Crippen LogP contribution is 2.13. The predicted octanol–water partition coefficient (Wildman–Crippen LogP) is 2.96. The number of nitrogens with zero attached hydrogens (tertiary/aromatic N) is 1. The summed E-state index contributed by atoms with van der Waals surface area (Å²) in [5.41, 5.74) is 2.89. The van der Waals surface area contributed by atoms with Gasteiger partial charge < -0.3 is 5.32 Å². The minimum atomic E-state index is 0.639. The van der Waals surface area contributed by atoms with Crippen LogP contribution in [0.3, 0.4) is 0 Å². The Bertz CT molecular complexity index is 363. The zero-order chi connectivity index (χ0) is 13.0. The van der Waals surface area contributed by atoms with Gasteiger partial charge in [-0.2, -0.15) is 0 Å². The summed E-state index contributed by atoms with van der Waals surface area (Å²) >= 11 is 0. The van der Waals surface area contributed by atoms with Crippen LogP contribution in [-0.4, -0.2) is 30.1 Å². The molecule has 1 aromatic rings. The van der Waals surface area contributed by atoms with E-state index in [1.54, 1.807) is 0 Å². The van der Waals surface area contributed by atoms with E-state index >= 15 is 0 Å². The Hall–Kier alpha value is -0.860. The molecule has 2 atom stereocenters. The molecule has 0 aromatic heterocycles. The highest BCUT2D eigenvalue weighted by molar-refractivity contribution is 5.25. The van der Waals surface area contributed by atoms with E-state index < -0.39 is 0 Å². The number of hydrogen-bond donors (Lipinski definition) is 1. The van der Waals surface area contributed by atoms with Crippen molar-refractivity contribution in [2.24, 2.45) is 0 Å². The molecule has 0 amide bonds. The van der Waals surface area contributed by atoms with Crippen LogP contribution in [-0.2, 0) is 6.54 Å². The smallest absolute Gasteiger partial charge is 0.0236 e. The van der Waals surface area contributed by atoms with Crippen molar-refractivity contribution < 1.29 is 0 Å². The van der Waals surface area contributed by atoms with E-state index in [1.165, 1.54) is 37.1 Å².